The number of carbonyl (C=O) groups excluding carboxylic acids is 2. The van der Waals surface area contributed by atoms with E-state index in [0.29, 0.717) is 11.4 Å². The van der Waals surface area contributed by atoms with Crippen LogP contribution in [0.4, 0.5) is 5.69 Å². The van der Waals surface area contributed by atoms with Crippen molar-refractivity contribution in [2.75, 3.05) is 19.1 Å². The number of para-hydroxylation sites is 2. The number of amides is 2. The number of imide groups is 1. The Labute approximate surface area is 127 Å². The van der Waals surface area contributed by atoms with Crippen molar-refractivity contribution in [2.45, 2.75) is 11.9 Å². The third kappa shape index (κ3) is 1.46. The van der Waals surface area contributed by atoms with Crippen molar-refractivity contribution >= 4 is 17.5 Å². The minimum absolute atomic E-state index is 0.271. The zero-order valence-electron chi connectivity index (χ0n) is 12.2. The van der Waals surface area contributed by atoms with E-state index in [9.17, 15) is 9.59 Å². The average molecular weight is 301 g/mol. The van der Waals surface area contributed by atoms with Crippen molar-refractivity contribution in [1.82, 2.24) is 0 Å². The third-order valence-electron chi connectivity index (χ3n) is 4.62. The molecule has 1 aromatic carbocycles. The highest BCUT2D eigenvalue weighted by Crippen LogP contribution is 2.53. The van der Waals surface area contributed by atoms with Gasteiger partial charge in [0.15, 0.2) is 0 Å². The normalized spacial score (nSPS) is 35.4. The van der Waals surface area contributed by atoms with Gasteiger partial charge in [0.1, 0.15) is 11.7 Å². The highest BCUT2D eigenvalue weighted by atomic mass is 16.7. The Balaban J connectivity index is 1.80. The molecule has 2 saturated heterocycles. The highest BCUT2D eigenvalue weighted by molar-refractivity contribution is 6.23. The van der Waals surface area contributed by atoms with Crippen LogP contribution in [0.2, 0.25) is 0 Å². The first-order valence-corrected chi connectivity index (χ1v) is 7.06. The molecule has 0 aromatic heterocycles. The summed E-state index contributed by atoms with van der Waals surface area (Å²) in [6.45, 7) is 0. The van der Waals surface area contributed by atoms with Gasteiger partial charge < -0.3 is 14.2 Å². The summed E-state index contributed by atoms with van der Waals surface area (Å²) in [6, 6.07) is 6.98. The largest absolute Gasteiger partial charge is 0.495 e. The van der Waals surface area contributed by atoms with E-state index in [-0.39, 0.29) is 11.8 Å². The molecule has 2 amide bonds. The van der Waals surface area contributed by atoms with Crippen LogP contribution in [0.1, 0.15) is 0 Å². The summed E-state index contributed by atoms with van der Waals surface area (Å²) in [6.07, 6.45) is 3.11. The average Bonchev–Trinajstić information content (AvgIpc) is 3.18. The molecule has 0 N–H and O–H groups in total. The van der Waals surface area contributed by atoms with E-state index < -0.39 is 23.7 Å². The molecule has 2 fully saturated rings. The van der Waals surface area contributed by atoms with Crippen molar-refractivity contribution in [3.63, 3.8) is 0 Å². The van der Waals surface area contributed by atoms with E-state index in [1.807, 2.05) is 0 Å². The molecule has 2 bridgehead atoms. The molecule has 3 aliphatic rings. The van der Waals surface area contributed by atoms with Crippen molar-refractivity contribution in [1.29, 1.82) is 0 Å². The molecule has 0 saturated carbocycles. The Morgan fingerprint density at radius 1 is 1.18 bits per heavy atom. The number of fused-ring (bicyclic) bond motifs is 5. The second-order valence-corrected chi connectivity index (χ2v) is 5.55. The van der Waals surface area contributed by atoms with Crippen molar-refractivity contribution in [2.24, 2.45) is 11.8 Å². The molecule has 0 spiro atoms. The monoisotopic (exact) mass is 301 g/mol. The molecular weight excluding hydrogens is 286 g/mol. The minimum Gasteiger partial charge on any atom is -0.495 e. The van der Waals surface area contributed by atoms with E-state index in [1.54, 1.807) is 36.4 Å². The van der Waals surface area contributed by atoms with Crippen molar-refractivity contribution < 1.29 is 23.8 Å². The van der Waals surface area contributed by atoms with Gasteiger partial charge in [0, 0.05) is 7.11 Å². The first-order valence-electron chi connectivity index (χ1n) is 7.06. The number of anilines is 1. The summed E-state index contributed by atoms with van der Waals surface area (Å²) in [5.74, 6) is -2.41. The predicted octanol–water partition coefficient (Wildman–Crippen LogP) is 1.11. The molecule has 0 radical (unpaired) electrons. The molecule has 0 aliphatic carbocycles. The van der Waals surface area contributed by atoms with Gasteiger partial charge in [-0.3, -0.25) is 9.59 Å². The number of carbonyl (C=O) groups is 2. The van der Waals surface area contributed by atoms with Gasteiger partial charge >= 0.3 is 0 Å². The molecular formula is C16H15NO5. The first kappa shape index (κ1) is 13.5. The summed E-state index contributed by atoms with van der Waals surface area (Å²) >= 11 is 0. The summed E-state index contributed by atoms with van der Waals surface area (Å²) in [5.41, 5.74) is 0.458. The Hall–Kier alpha value is -2.18. The fraction of sp³-hybridized carbons (Fsp3) is 0.375. The maximum absolute atomic E-state index is 12.9. The maximum Gasteiger partial charge on any atom is 0.243 e. The fourth-order valence-electron chi connectivity index (χ4n) is 3.63. The number of hydrogen-bond acceptors (Lipinski definition) is 5. The molecule has 4 rings (SSSR count). The Morgan fingerprint density at radius 2 is 1.95 bits per heavy atom. The van der Waals surface area contributed by atoms with Crippen LogP contribution in [-0.2, 0) is 19.1 Å². The van der Waals surface area contributed by atoms with E-state index in [0.717, 1.165) is 0 Å². The lowest BCUT2D eigenvalue weighted by Gasteiger charge is -2.27. The van der Waals surface area contributed by atoms with Crippen LogP contribution in [0.15, 0.2) is 36.4 Å². The molecule has 3 heterocycles. The lowest BCUT2D eigenvalue weighted by Crippen LogP contribution is -2.42. The molecule has 1 aromatic rings. The summed E-state index contributed by atoms with van der Waals surface area (Å²) in [5, 5.41) is 0. The lowest BCUT2D eigenvalue weighted by atomic mass is 9.83. The topological polar surface area (TPSA) is 65.1 Å². The number of nitrogens with zero attached hydrogens (tertiary/aromatic N) is 1. The molecule has 22 heavy (non-hydrogen) atoms. The van der Waals surface area contributed by atoms with Crippen molar-refractivity contribution in [3.05, 3.63) is 36.4 Å². The molecule has 6 heteroatoms. The second-order valence-electron chi connectivity index (χ2n) is 5.55. The Kier molecular flexibility index (Phi) is 2.70. The van der Waals surface area contributed by atoms with Crippen LogP contribution in [0.3, 0.4) is 0 Å². The van der Waals surface area contributed by atoms with E-state index >= 15 is 0 Å². The number of methoxy groups -OCH3 is 2. The van der Waals surface area contributed by atoms with Crippen molar-refractivity contribution in [3.8, 4) is 5.75 Å². The minimum atomic E-state index is -1.13. The predicted molar refractivity (Wildman–Crippen MR) is 76.2 cm³/mol. The van der Waals surface area contributed by atoms with E-state index in [1.165, 1.54) is 19.1 Å². The summed E-state index contributed by atoms with van der Waals surface area (Å²) in [4.78, 5) is 26.9. The molecule has 0 unspecified atom stereocenters. The van der Waals surface area contributed by atoms with Gasteiger partial charge in [-0.05, 0) is 18.2 Å². The molecule has 114 valence electrons. The highest BCUT2D eigenvalue weighted by Gasteiger charge is 2.68. The summed E-state index contributed by atoms with van der Waals surface area (Å²) in [7, 11) is 2.99. The third-order valence-corrected chi connectivity index (χ3v) is 4.62. The SMILES string of the molecule is COc1ccccc1N1C(=O)[C@H]2[C@@H](C1=O)[C@@]1(OC)C=C[C@H]2O1. The molecule has 6 nitrogen and oxygen atoms in total. The van der Waals surface area contributed by atoms with Gasteiger partial charge in [-0.25, -0.2) is 4.90 Å². The van der Waals surface area contributed by atoms with Gasteiger partial charge in [0.2, 0.25) is 17.6 Å². The zero-order chi connectivity index (χ0) is 15.5. The molecule has 4 atom stereocenters. The van der Waals surface area contributed by atoms with Crippen LogP contribution in [0, 0.1) is 11.8 Å². The number of benzene rings is 1. The van der Waals surface area contributed by atoms with Crippen LogP contribution >= 0.6 is 0 Å². The van der Waals surface area contributed by atoms with Crippen LogP contribution in [0.25, 0.3) is 0 Å². The smallest absolute Gasteiger partial charge is 0.243 e. The lowest BCUT2D eigenvalue weighted by molar-refractivity contribution is -0.181. The molecule has 3 aliphatic heterocycles. The number of ether oxygens (including phenoxy) is 3. The van der Waals surface area contributed by atoms with E-state index in [4.69, 9.17) is 14.2 Å². The van der Waals surface area contributed by atoms with Crippen LogP contribution in [-0.4, -0.2) is 37.9 Å². The maximum atomic E-state index is 12.9. The van der Waals surface area contributed by atoms with Gasteiger partial charge in [0.05, 0.1) is 24.8 Å². The second kappa shape index (κ2) is 4.41. The van der Waals surface area contributed by atoms with Crippen LogP contribution in [0.5, 0.6) is 5.75 Å². The standard InChI is InChI=1S/C16H15NO5/c1-20-10-6-4-3-5-9(10)17-14(18)12-11-7-8-16(21-2,22-11)13(12)15(17)19/h3-8,11-13H,1-2H3/t11-,12-,13+,16-/m1/s1. The quantitative estimate of drug-likeness (QED) is 0.618. The van der Waals surface area contributed by atoms with Gasteiger partial charge in [-0.15, -0.1) is 0 Å². The first-order chi connectivity index (χ1) is 10.6. The zero-order valence-corrected chi connectivity index (χ0v) is 12.2. The Bertz CT molecular complexity index is 700. The van der Waals surface area contributed by atoms with Gasteiger partial charge in [0.25, 0.3) is 0 Å². The Morgan fingerprint density at radius 3 is 2.68 bits per heavy atom. The van der Waals surface area contributed by atoms with E-state index in [2.05, 4.69) is 0 Å². The van der Waals surface area contributed by atoms with Crippen LogP contribution < -0.4 is 9.64 Å². The summed E-state index contributed by atoms with van der Waals surface area (Å²) < 4.78 is 16.4. The fourth-order valence-corrected chi connectivity index (χ4v) is 3.63. The number of hydrogen-bond donors (Lipinski definition) is 0. The van der Waals surface area contributed by atoms with Gasteiger partial charge in [-0.2, -0.15) is 0 Å². The number of rotatable bonds is 3. The van der Waals surface area contributed by atoms with Gasteiger partial charge in [-0.1, -0.05) is 18.2 Å².